The molecule has 8 nitrogen and oxygen atoms in total. The first-order valence-electron chi connectivity index (χ1n) is 10.4. The van der Waals surface area contributed by atoms with Gasteiger partial charge in [0.25, 0.3) is 0 Å². The molecule has 0 aliphatic heterocycles. The summed E-state index contributed by atoms with van der Waals surface area (Å²) in [5, 5.41) is 4.46. The molecule has 0 radical (unpaired) electrons. The van der Waals surface area contributed by atoms with E-state index in [9.17, 15) is 35.2 Å². The standard InChI is InChI=1S/C22H16ClF5N4O4S/c1-2-37(34,35)17-9-14(13-3-5-15(23)6-4-13)11-29-19(17)32-20(33)31-8-7-16(10-18(31)30-32)36-12-21(24,25)22(26,27)28/h3-11H,2,12H2,1H3. The zero-order chi connectivity index (χ0) is 27.2. The predicted molar refractivity (Wildman–Crippen MR) is 123 cm³/mol. The highest BCUT2D eigenvalue weighted by Gasteiger charge is 2.58. The topological polar surface area (TPSA) is 95.6 Å². The van der Waals surface area contributed by atoms with Crippen LogP contribution in [0.2, 0.25) is 5.02 Å². The van der Waals surface area contributed by atoms with Gasteiger partial charge in [-0.2, -0.15) is 26.6 Å². The normalized spacial score (nSPS) is 12.7. The van der Waals surface area contributed by atoms with Crippen LogP contribution in [0.4, 0.5) is 22.0 Å². The minimum Gasteiger partial charge on any atom is -0.487 e. The van der Waals surface area contributed by atoms with Crippen molar-refractivity contribution in [3.05, 3.63) is 70.4 Å². The van der Waals surface area contributed by atoms with E-state index >= 15 is 0 Å². The van der Waals surface area contributed by atoms with E-state index in [4.69, 9.17) is 11.6 Å². The number of pyridine rings is 2. The fraction of sp³-hybridized carbons (Fsp3) is 0.227. The van der Waals surface area contributed by atoms with Crippen LogP contribution >= 0.6 is 11.6 Å². The predicted octanol–water partition coefficient (Wildman–Crippen LogP) is 4.57. The van der Waals surface area contributed by atoms with E-state index in [0.29, 0.717) is 20.8 Å². The van der Waals surface area contributed by atoms with Crippen molar-refractivity contribution in [3.63, 3.8) is 0 Å². The Balaban J connectivity index is 1.78. The number of hydrogen-bond donors (Lipinski definition) is 0. The zero-order valence-electron chi connectivity index (χ0n) is 18.7. The second kappa shape index (κ2) is 9.41. The van der Waals surface area contributed by atoms with Crippen molar-refractivity contribution in [2.75, 3.05) is 12.4 Å². The zero-order valence-corrected chi connectivity index (χ0v) is 20.3. The second-order valence-corrected chi connectivity index (χ2v) is 10.4. The number of benzene rings is 1. The number of alkyl halides is 5. The van der Waals surface area contributed by atoms with Gasteiger partial charge in [-0.15, -0.1) is 5.10 Å². The molecule has 0 fully saturated rings. The van der Waals surface area contributed by atoms with Crippen LogP contribution < -0.4 is 10.4 Å². The Morgan fingerprint density at radius 2 is 1.70 bits per heavy atom. The Morgan fingerprint density at radius 3 is 2.32 bits per heavy atom. The molecule has 4 rings (SSSR count). The van der Waals surface area contributed by atoms with Crippen LogP contribution in [0.1, 0.15) is 6.92 Å². The van der Waals surface area contributed by atoms with Crippen molar-refractivity contribution in [1.29, 1.82) is 0 Å². The monoisotopic (exact) mass is 562 g/mol. The second-order valence-electron chi connectivity index (χ2n) is 7.73. The van der Waals surface area contributed by atoms with Gasteiger partial charge in [-0.25, -0.2) is 22.6 Å². The lowest BCUT2D eigenvalue weighted by Crippen LogP contribution is -2.41. The lowest BCUT2D eigenvalue weighted by Gasteiger charge is -2.19. The van der Waals surface area contributed by atoms with E-state index < -0.39 is 40.0 Å². The quantitative estimate of drug-likeness (QED) is 0.306. The lowest BCUT2D eigenvalue weighted by atomic mass is 10.1. The van der Waals surface area contributed by atoms with E-state index in [1.165, 1.54) is 19.2 Å². The van der Waals surface area contributed by atoms with E-state index in [0.717, 1.165) is 22.7 Å². The van der Waals surface area contributed by atoms with Crippen LogP contribution in [-0.4, -0.2) is 52.0 Å². The van der Waals surface area contributed by atoms with Crippen LogP contribution in [0.5, 0.6) is 5.75 Å². The molecule has 0 amide bonds. The van der Waals surface area contributed by atoms with Crippen molar-refractivity contribution in [3.8, 4) is 22.7 Å². The molecule has 0 spiro atoms. The molecule has 0 bridgehead atoms. The summed E-state index contributed by atoms with van der Waals surface area (Å²) in [6, 6.07) is 9.80. The van der Waals surface area contributed by atoms with Gasteiger partial charge in [-0.3, -0.25) is 0 Å². The number of rotatable bonds is 7. The number of ether oxygens (including phenoxy) is 1. The first kappa shape index (κ1) is 26.5. The summed E-state index contributed by atoms with van der Waals surface area (Å²) in [7, 11) is -3.93. The van der Waals surface area contributed by atoms with Gasteiger partial charge in [0.1, 0.15) is 10.6 Å². The molecule has 0 N–H and O–H groups in total. The summed E-state index contributed by atoms with van der Waals surface area (Å²) in [5.74, 6) is -6.16. The number of sulfone groups is 1. The molecule has 0 saturated heterocycles. The summed E-state index contributed by atoms with van der Waals surface area (Å²) in [4.78, 5) is 16.8. The molecule has 0 aliphatic carbocycles. The SMILES string of the molecule is CCS(=O)(=O)c1cc(-c2ccc(Cl)cc2)cnc1-n1nc2cc(OCC(F)(F)C(F)(F)F)ccn2c1=O. The average molecular weight is 563 g/mol. The van der Waals surface area contributed by atoms with Crippen LogP contribution in [0, 0.1) is 0 Å². The van der Waals surface area contributed by atoms with Gasteiger partial charge >= 0.3 is 17.8 Å². The molecule has 3 heterocycles. The lowest BCUT2D eigenvalue weighted by molar-refractivity contribution is -0.290. The highest BCUT2D eigenvalue weighted by molar-refractivity contribution is 7.91. The van der Waals surface area contributed by atoms with Gasteiger partial charge in [0.2, 0.25) is 0 Å². The summed E-state index contributed by atoms with van der Waals surface area (Å²) in [6.07, 6.45) is -3.43. The van der Waals surface area contributed by atoms with E-state index in [1.807, 2.05) is 0 Å². The van der Waals surface area contributed by atoms with Crippen molar-refractivity contribution < 1.29 is 35.1 Å². The van der Waals surface area contributed by atoms with Gasteiger partial charge in [-0.1, -0.05) is 30.7 Å². The molecule has 37 heavy (non-hydrogen) atoms. The van der Waals surface area contributed by atoms with Crippen LogP contribution in [0.15, 0.2) is 64.5 Å². The Morgan fingerprint density at radius 1 is 1.03 bits per heavy atom. The maximum absolute atomic E-state index is 13.2. The van der Waals surface area contributed by atoms with E-state index in [1.54, 1.807) is 24.3 Å². The number of nitrogens with zero attached hydrogens (tertiary/aromatic N) is 4. The van der Waals surface area contributed by atoms with Crippen molar-refractivity contribution in [1.82, 2.24) is 19.2 Å². The van der Waals surface area contributed by atoms with Crippen molar-refractivity contribution in [2.24, 2.45) is 0 Å². The first-order valence-corrected chi connectivity index (χ1v) is 12.4. The Bertz CT molecular complexity index is 1630. The summed E-state index contributed by atoms with van der Waals surface area (Å²) < 4.78 is 95.5. The highest BCUT2D eigenvalue weighted by atomic mass is 35.5. The highest BCUT2D eigenvalue weighted by Crippen LogP contribution is 2.36. The molecule has 1 aromatic carbocycles. The maximum atomic E-state index is 13.2. The summed E-state index contributed by atoms with van der Waals surface area (Å²) in [6.45, 7) is -0.578. The molecule has 0 atom stereocenters. The van der Waals surface area contributed by atoms with Crippen molar-refractivity contribution >= 4 is 27.1 Å². The van der Waals surface area contributed by atoms with Crippen molar-refractivity contribution in [2.45, 2.75) is 23.9 Å². The minimum atomic E-state index is -5.80. The maximum Gasteiger partial charge on any atom is 0.456 e. The number of aromatic nitrogens is 4. The van der Waals surface area contributed by atoms with Crippen LogP contribution in [0.3, 0.4) is 0 Å². The van der Waals surface area contributed by atoms with Crippen LogP contribution in [-0.2, 0) is 9.84 Å². The number of halogens is 6. The summed E-state index contributed by atoms with van der Waals surface area (Å²) in [5.41, 5.74) is -0.0379. The molecule has 3 aromatic heterocycles. The first-order chi connectivity index (χ1) is 17.2. The molecule has 0 unspecified atom stereocenters. The Kier molecular flexibility index (Phi) is 6.75. The van der Waals surface area contributed by atoms with E-state index in [-0.39, 0.29) is 22.1 Å². The molecular weight excluding hydrogens is 547 g/mol. The fourth-order valence-electron chi connectivity index (χ4n) is 3.22. The van der Waals surface area contributed by atoms with Gasteiger partial charge in [0.15, 0.2) is 27.9 Å². The minimum absolute atomic E-state index is 0.207. The van der Waals surface area contributed by atoms with Gasteiger partial charge < -0.3 is 4.74 Å². The number of fused-ring (bicyclic) bond motifs is 1. The number of hydrogen-bond acceptors (Lipinski definition) is 6. The van der Waals surface area contributed by atoms with E-state index in [2.05, 4.69) is 14.8 Å². The Hall–Kier alpha value is -3.52. The average Bonchev–Trinajstić information content (AvgIpc) is 3.17. The Labute approximate surface area is 210 Å². The molecule has 15 heteroatoms. The largest absolute Gasteiger partial charge is 0.487 e. The molecular formula is C22H16ClF5N4O4S. The van der Waals surface area contributed by atoms with Gasteiger partial charge in [0, 0.05) is 29.0 Å². The molecule has 4 aromatic rings. The molecule has 196 valence electrons. The third-order valence-electron chi connectivity index (χ3n) is 5.26. The fourth-order valence-corrected chi connectivity index (χ4v) is 4.38. The third kappa shape index (κ3) is 5.16. The van der Waals surface area contributed by atoms with Gasteiger partial charge in [-0.05, 0) is 29.8 Å². The summed E-state index contributed by atoms with van der Waals surface area (Å²) >= 11 is 5.90. The van der Waals surface area contributed by atoms with Crippen LogP contribution in [0.25, 0.3) is 22.6 Å². The van der Waals surface area contributed by atoms with Gasteiger partial charge in [0.05, 0.1) is 5.75 Å². The molecule has 0 aliphatic rings. The smallest absolute Gasteiger partial charge is 0.456 e. The third-order valence-corrected chi connectivity index (χ3v) is 7.24. The molecule has 0 saturated carbocycles.